The van der Waals surface area contributed by atoms with Gasteiger partial charge in [0, 0.05) is 12.5 Å². The van der Waals surface area contributed by atoms with Crippen LogP contribution >= 0.6 is 0 Å². The van der Waals surface area contributed by atoms with Crippen LogP contribution in [0.15, 0.2) is 16.5 Å². The van der Waals surface area contributed by atoms with Gasteiger partial charge in [-0.05, 0) is 19.1 Å². The lowest BCUT2D eigenvalue weighted by atomic mass is 10.2. The largest absolute Gasteiger partial charge is 0.455 e. The van der Waals surface area contributed by atoms with Gasteiger partial charge in [0.25, 0.3) is 5.91 Å². The molecule has 0 saturated carbocycles. The number of carbonyl (C=O) groups is 2. The van der Waals surface area contributed by atoms with Crippen LogP contribution in [-0.2, 0) is 11.3 Å². The Labute approximate surface area is 93.0 Å². The smallest absolute Gasteiger partial charge is 0.287 e. The lowest BCUT2D eigenvalue weighted by molar-refractivity contribution is -0.118. The van der Waals surface area contributed by atoms with Crippen molar-refractivity contribution in [3.63, 3.8) is 0 Å². The minimum atomic E-state index is -0.463. The van der Waals surface area contributed by atoms with Crippen molar-refractivity contribution in [1.82, 2.24) is 5.32 Å². The molecule has 0 bridgehead atoms. The molecule has 5 N–H and O–H groups in total. The highest BCUT2D eigenvalue weighted by molar-refractivity contribution is 5.92. The third-order valence-electron chi connectivity index (χ3n) is 1.97. The molecule has 6 heteroatoms. The number of amides is 2. The summed E-state index contributed by atoms with van der Waals surface area (Å²) in [5, 5.41) is 2.59. The Bertz CT molecular complexity index is 386. The van der Waals surface area contributed by atoms with Crippen molar-refractivity contribution < 1.29 is 14.0 Å². The van der Waals surface area contributed by atoms with Gasteiger partial charge in [0.2, 0.25) is 5.91 Å². The summed E-state index contributed by atoms with van der Waals surface area (Å²) in [7, 11) is 0. The van der Waals surface area contributed by atoms with Gasteiger partial charge in [-0.15, -0.1) is 0 Å². The average molecular weight is 225 g/mol. The minimum absolute atomic E-state index is 0.0934. The SMILES string of the molecule is CC(CC(N)=O)NC(=O)c1ccc(CN)o1. The predicted octanol–water partition coefficient (Wildman–Crippen LogP) is -0.268. The highest BCUT2D eigenvalue weighted by atomic mass is 16.4. The molecular weight excluding hydrogens is 210 g/mol. The van der Waals surface area contributed by atoms with Crippen molar-refractivity contribution in [1.29, 1.82) is 0 Å². The molecular formula is C10H15N3O3. The Balaban J connectivity index is 2.54. The summed E-state index contributed by atoms with van der Waals surface area (Å²) in [4.78, 5) is 22.2. The van der Waals surface area contributed by atoms with Crippen LogP contribution in [0, 0.1) is 0 Å². The highest BCUT2D eigenvalue weighted by Crippen LogP contribution is 2.07. The van der Waals surface area contributed by atoms with Gasteiger partial charge in [-0.25, -0.2) is 0 Å². The van der Waals surface area contributed by atoms with Crippen molar-refractivity contribution in [3.05, 3.63) is 23.7 Å². The van der Waals surface area contributed by atoms with Gasteiger partial charge < -0.3 is 21.2 Å². The van der Waals surface area contributed by atoms with Crippen LogP contribution in [0.4, 0.5) is 0 Å². The van der Waals surface area contributed by atoms with Gasteiger partial charge in [-0.2, -0.15) is 0 Å². The molecule has 88 valence electrons. The summed E-state index contributed by atoms with van der Waals surface area (Å²) in [5.74, 6) is -0.132. The van der Waals surface area contributed by atoms with Crippen molar-refractivity contribution in [2.45, 2.75) is 25.9 Å². The van der Waals surface area contributed by atoms with E-state index in [1.54, 1.807) is 13.0 Å². The van der Waals surface area contributed by atoms with Crippen LogP contribution < -0.4 is 16.8 Å². The maximum absolute atomic E-state index is 11.6. The molecule has 1 heterocycles. The monoisotopic (exact) mass is 225 g/mol. The number of nitrogens with one attached hydrogen (secondary N) is 1. The van der Waals surface area contributed by atoms with E-state index in [0.29, 0.717) is 5.76 Å². The quantitative estimate of drug-likeness (QED) is 0.640. The van der Waals surface area contributed by atoms with E-state index in [1.165, 1.54) is 6.07 Å². The fraction of sp³-hybridized carbons (Fsp3) is 0.400. The number of furan rings is 1. The summed E-state index contributed by atoms with van der Waals surface area (Å²) in [6, 6.07) is 2.85. The van der Waals surface area contributed by atoms with Crippen LogP contribution in [0.2, 0.25) is 0 Å². The molecule has 1 atom stereocenters. The maximum atomic E-state index is 11.6. The van der Waals surface area contributed by atoms with Crippen LogP contribution in [0.1, 0.15) is 29.7 Å². The Morgan fingerprint density at radius 1 is 1.50 bits per heavy atom. The highest BCUT2D eigenvalue weighted by Gasteiger charge is 2.14. The van der Waals surface area contributed by atoms with E-state index in [1.807, 2.05) is 0 Å². The number of nitrogens with two attached hydrogens (primary N) is 2. The first-order chi connectivity index (χ1) is 7.52. The van der Waals surface area contributed by atoms with Gasteiger partial charge in [0.1, 0.15) is 5.76 Å². The minimum Gasteiger partial charge on any atom is -0.455 e. The van der Waals surface area contributed by atoms with Crippen molar-refractivity contribution in [3.8, 4) is 0 Å². The fourth-order valence-corrected chi connectivity index (χ4v) is 1.26. The molecule has 1 rings (SSSR count). The third-order valence-corrected chi connectivity index (χ3v) is 1.97. The second-order valence-electron chi connectivity index (χ2n) is 3.52. The Kier molecular flexibility index (Phi) is 4.07. The van der Waals surface area contributed by atoms with Crippen LogP contribution in [0.5, 0.6) is 0 Å². The molecule has 0 fully saturated rings. The first-order valence-electron chi connectivity index (χ1n) is 4.91. The van der Waals surface area contributed by atoms with Gasteiger partial charge in [0.05, 0.1) is 6.54 Å². The van der Waals surface area contributed by atoms with Crippen molar-refractivity contribution >= 4 is 11.8 Å². The van der Waals surface area contributed by atoms with E-state index < -0.39 is 5.91 Å². The summed E-state index contributed by atoms with van der Waals surface area (Å²) < 4.78 is 5.15. The summed E-state index contributed by atoms with van der Waals surface area (Å²) in [5.41, 5.74) is 10.3. The molecule has 6 nitrogen and oxygen atoms in total. The lowest BCUT2D eigenvalue weighted by Gasteiger charge is -2.10. The van der Waals surface area contributed by atoms with Crippen LogP contribution in [0.3, 0.4) is 0 Å². The van der Waals surface area contributed by atoms with Gasteiger partial charge >= 0.3 is 0 Å². The normalized spacial score (nSPS) is 12.1. The van der Waals surface area contributed by atoms with E-state index in [0.717, 1.165) is 0 Å². The van der Waals surface area contributed by atoms with Gasteiger partial charge in [0.15, 0.2) is 5.76 Å². The van der Waals surface area contributed by atoms with Crippen LogP contribution in [0.25, 0.3) is 0 Å². The van der Waals surface area contributed by atoms with E-state index in [2.05, 4.69) is 5.32 Å². The molecule has 1 aromatic heterocycles. The fourth-order valence-electron chi connectivity index (χ4n) is 1.26. The Hall–Kier alpha value is -1.82. The van der Waals surface area contributed by atoms with Crippen LogP contribution in [-0.4, -0.2) is 17.9 Å². The zero-order valence-corrected chi connectivity index (χ0v) is 9.03. The molecule has 2 amide bonds. The first-order valence-corrected chi connectivity index (χ1v) is 4.91. The van der Waals surface area contributed by atoms with E-state index >= 15 is 0 Å². The molecule has 0 radical (unpaired) electrons. The topological polar surface area (TPSA) is 111 Å². The predicted molar refractivity (Wildman–Crippen MR) is 57.3 cm³/mol. The number of carbonyl (C=O) groups excluding carboxylic acids is 2. The molecule has 0 spiro atoms. The van der Waals surface area contributed by atoms with E-state index in [4.69, 9.17) is 15.9 Å². The summed E-state index contributed by atoms with van der Waals surface area (Å²) in [6.45, 7) is 1.93. The standard InChI is InChI=1S/C10H15N3O3/c1-6(4-9(12)14)13-10(15)8-3-2-7(5-11)16-8/h2-3,6H,4-5,11H2,1H3,(H2,12,14)(H,13,15). The zero-order valence-electron chi connectivity index (χ0n) is 9.03. The molecule has 1 aromatic rings. The summed E-state index contributed by atoms with van der Waals surface area (Å²) >= 11 is 0. The number of hydrogen-bond acceptors (Lipinski definition) is 4. The molecule has 1 unspecified atom stereocenters. The lowest BCUT2D eigenvalue weighted by Crippen LogP contribution is -2.35. The average Bonchev–Trinajstić information content (AvgIpc) is 2.64. The third kappa shape index (κ3) is 3.39. The molecule has 0 aliphatic heterocycles. The summed E-state index contributed by atoms with van der Waals surface area (Å²) in [6.07, 6.45) is 0.0934. The van der Waals surface area contributed by atoms with Gasteiger partial charge in [-0.1, -0.05) is 0 Å². The number of rotatable bonds is 5. The first kappa shape index (κ1) is 12.3. The van der Waals surface area contributed by atoms with Crippen molar-refractivity contribution in [2.24, 2.45) is 11.5 Å². The van der Waals surface area contributed by atoms with Gasteiger partial charge in [-0.3, -0.25) is 9.59 Å². The molecule has 16 heavy (non-hydrogen) atoms. The molecule has 0 aliphatic carbocycles. The molecule has 0 aromatic carbocycles. The number of primary amides is 1. The van der Waals surface area contributed by atoms with Crippen molar-refractivity contribution in [2.75, 3.05) is 0 Å². The second-order valence-corrected chi connectivity index (χ2v) is 3.52. The Morgan fingerprint density at radius 2 is 2.19 bits per heavy atom. The van der Waals surface area contributed by atoms with E-state index in [-0.39, 0.29) is 30.7 Å². The van der Waals surface area contributed by atoms with E-state index in [9.17, 15) is 9.59 Å². The maximum Gasteiger partial charge on any atom is 0.287 e. The molecule has 0 saturated heterocycles. The molecule has 0 aliphatic rings. The second kappa shape index (κ2) is 5.32. The number of hydrogen-bond donors (Lipinski definition) is 3. The zero-order chi connectivity index (χ0) is 12.1. The Morgan fingerprint density at radius 3 is 2.69 bits per heavy atom.